The van der Waals surface area contributed by atoms with Gasteiger partial charge in [-0.15, -0.1) is 0 Å². The zero-order valence-electron chi connectivity index (χ0n) is 13.6. The molecule has 0 aromatic carbocycles. The quantitative estimate of drug-likeness (QED) is 0.591. The van der Waals surface area contributed by atoms with Crippen molar-refractivity contribution >= 4 is 0 Å². The lowest BCUT2D eigenvalue weighted by Crippen LogP contribution is -2.35. The molecule has 0 aliphatic rings. The molecule has 0 bridgehead atoms. The minimum absolute atomic E-state index is 0.0937. The van der Waals surface area contributed by atoms with Crippen molar-refractivity contribution in [2.45, 2.75) is 72.5 Å². The van der Waals surface area contributed by atoms with Crippen LogP contribution in [0.15, 0.2) is 11.6 Å². The van der Waals surface area contributed by atoms with Crippen molar-refractivity contribution in [3.05, 3.63) is 11.6 Å². The second-order valence-electron chi connectivity index (χ2n) is 6.65. The maximum atomic E-state index is 5.97. The van der Waals surface area contributed by atoms with Crippen molar-refractivity contribution in [3.8, 4) is 0 Å². The number of ether oxygens (including phenoxy) is 2. The summed E-state index contributed by atoms with van der Waals surface area (Å²) in [5.41, 5.74) is 1.16. The number of allylic oxidation sites excluding steroid dienone is 2. The normalized spacial score (nSPS) is 14.4. The Bertz CT molecular complexity index is 262. The van der Waals surface area contributed by atoms with E-state index in [0.717, 1.165) is 12.8 Å². The average molecular weight is 256 g/mol. The Morgan fingerprint density at radius 1 is 1.11 bits per heavy atom. The van der Waals surface area contributed by atoms with E-state index >= 15 is 0 Å². The van der Waals surface area contributed by atoms with Crippen molar-refractivity contribution < 1.29 is 9.47 Å². The third-order valence-electron chi connectivity index (χ3n) is 3.49. The second kappa shape index (κ2) is 7.30. The van der Waals surface area contributed by atoms with E-state index in [2.05, 4.69) is 40.7 Å². The van der Waals surface area contributed by atoms with Gasteiger partial charge in [0.2, 0.25) is 0 Å². The Balaban J connectivity index is 4.13. The van der Waals surface area contributed by atoms with E-state index in [1.807, 2.05) is 13.8 Å². The summed E-state index contributed by atoms with van der Waals surface area (Å²) in [4.78, 5) is 0. The summed E-state index contributed by atoms with van der Waals surface area (Å²) in [6.07, 6.45) is 4.44. The van der Waals surface area contributed by atoms with Crippen molar-refractivity contribution in [1.82, 2.24) is 0 Å². The fraction of sp³-hybridized carbons (Fsp3) is 0.875. The summed E-state index contributed by atoms with van der Waals surface area (Å²) >= 11 is 0. The fourth-order valence-corrected chi connectivity index (χ4v) is 1.38. The van der Waals surface area contributed by atoms with E-state index in [0.29, 0.717) is 12.5 Å². The summed E-state index contributed by atoms with van der Waals surface area (Å²) in [5.74, 6) is 0.640. The highest BCUT2D eigenvalue weighted by molar-refractivity contribution is 5.01. The molecule has 0 N–H and O–H groups in total. The number of rotatable bonds is 8. The molecular formula is C16H32O2. The molecule has 0 heterocycles. The van der Waals surface area contributed by atoms with Gasteiger partial charge in [0, 0.05) is 7.11 Å². The Morgan fingerprint density at radius 3 is 2.11 bits per heavy atom. The van der Waals surface area contributed by atoms with E-state index in [1.165, 1.54) is 5.57 Å². The molecule has 0 aliphatic carbocycles. The molecule has 0 saturated heterocycles. The monoisotopic (exact) mass is 256 g/mol. The minimum atomic E-state index is -0.207. The first-order valence-corrected chi connectivity index (χ1v) is 6.95. The molecule has 0 rings (SSSR count). The molecule has 0 aliphatic heterocycles. The van der Waals surface area contributed by atoms with Gasteiger partial charge in [0.25, 0.3) is 0 Å². The van der Waals surface area contributed by atoms with Crippen molar-refractivity contribution in [2.75, 3.05) is 13.7 Å². The summed E-state index contributed by atoms with van der Waals surface area (Å²) in [6.45, 7) is 15.7. The first-order chi connectivity index (χ1) is 8.09. The van der Waals surface area contributed by atoms with Gasteiger partial charge in [0.1, 0.15) is 0 Å². The molecule has 0 atom stereocenters. The maximum Gasteiger partial charge on any atom is 0.0855 e. The van der Waals surface area contributed by atoms with Crippen LogP contribution >= 0.6 is 0 Å². The van der Waals surface area contributed by atoms with Crippen LogP contribution in [0, 0.1) is 5.92 Å². The third kappa shape index (κ3) is 7.88. The standard InChI is InChI=1S/C16H32O2/c1-13(2)14(3)10-9-11-15(4,5)18-12-16(6,7)17-8/h10,13H,9,11-12H2,1-8H3/b14-10+. The van der Waals surface area contributed by atoms with Gasteiger partial charge in [-0.2, -0.15) is 0 Å². The van der Waals surface area contributed by atoms with E-state index < -0.39 is 0 Å². The van der Waals surface area contributed by atoms with Crippen LogP contribution in [-0.2, 0) is 9.47 Å². The van der Waals surface area contributed by atoms with Crippen LogP contribution in [0.4, 0.5) is 0 Å². The van der Waals surface area contributed by atoms with Crippen molar-refractivity contribution in [2.24, 2.45) is 5.92 Å². The van der Waals surface area contributed by atoms with Gasteiger partial charge in [-0.3, -0.25) is 0 Å². The van der Waals surface area contributed by atoms with Crippen LogP contribution in [0.3, 0.4) is 0 Å². The molecule has 0 saturated carbocycles. The van der Waals surface area contributed by atoms with Gasteiger partial charge in [0.15, 0.2) is 0 Å². The summed E-state index contributed by atoms with van der Waals surface area (Å²) in [5, 5.41) is 0. The first-order valence-electron chi connectivity index (χ1n) is 6.95. The molecule has 0 fully saturated rings. The highest BCUT2D eigenvalue weighted by atomic mass is 16.5. The maximum absolute atomic E-state index is 5.97. The molecule has 0 spiro atoms. The fourth-order valence-electron chi connectivity index (χ4n) is 1.38. The van der Waals surface area contributed by atoms with Gasteiger partial charge < -0.3 is 9.47 Å². The Morgan fingerprint density at radius 2 is 1.67 bits per heavy atom. The lowest BCUT2D eigenvalue weighted by molar-refractivity contribution is -0.108. The molecule has 0 radical (unpaired) electrons. The molecule has 2 nitrogen and oxygen atoms in total. The number of hydrogen-bond acceptors (Lipinski definition) is 2. The Labute approximate surface area is 114 Å². The van der Waals surface area contributed by atoms with Gasteiger partial charge in [-0.25, -0.2) is 0 Å². The van der Waals surface area contributed by atoms with Crippen LogP contribution in [0.2, 0.25) is 0 Å². The average Bonchev–Trinajstić information content (AvgIpc) is 2.26. The van der Waals surface area contributed by atoms with Crippen LogP contribution in [0.5, 0.6) is 0 Å². The SMILES string of the molecule is COC(C)(C)COC(C)(C)CC/C=C(\C)C(C)C. The van der Waals surface area contributed by atoms with Gasteiger partial charge in [0.05, 0.1) is 17.8 Å². The summed E-state index contributed by atoms with van der Waals surface area (Å²) in [7, 11) is 1.73. The Kier molecular flexibility index (Phi) is 7.16. The molecule has 108 valence electrons. The van der Waals surface area contributed by atoms with Crippen molar-refractivity contribution in [1.29, 1.82) is 0 Å². The highest BCUT2D eigenvalue weighted by Gasteiger charge is 2.24. The van der Waals surface area contributed by atoms with Gasteiger partial charge in [-0.05, 0) is 53.4 Å². The second-order valence-corrected chi connectivity index (χ2v) is 6.65. The molecule has 0 amide bonds. The van der Waals surface area contributed by atoms with Crippen LogP contribution in [0.25, 0.3) is 0 Å². The minimum Gasteiger partial charge on any atom is -0.376 e. The predicted octanol–water partition coefficient (Wildman–Crippen LogP) is 4.59. The molecule has 2 heteroatoms. The van der Waals surface area contributed by atoms with Gasteiger partial charge >= 0.3 is 0 Å². The molecule has 0 unspecified atom stereocenters. The summed E-state index contributed by atoms with van der Waals surface area (Å²) < 4.78 is 11.3. The van der Waals surface area contributed by atoms with E-state index in [1.54, 1.807) is 7.11 Å². The molecule has 18 heavy (non-hydrogen) atoms. The van der Waals surface area contributed by atoms with Gasteiger partial charge in [-0.1, -0.05) is 25.5 Å². The Hall–Kier alpha value is -0.340. The zero-order chi connectivity index (χ0) is 14.4. The van der Waals surface area contributed by atoms with E-state index in [-0.39, 0.29) is 11.2 Å². The van der Waals surface area contributed by atoms with E-state index in [4.69, 9.17) is 9.47 Å². The van der Waals surface area contributed by atoms with Crippen LogP contribution in [-0.4, -0.2) is 24.9 Å². The lowest BCUT2D eigenvalue weighted by Gasteiger charge is -2.31. The van der Waals surface area contributed by atoms with Crippen LogP contribution < -0.4 is 0 Å². The smallest absolute Gasteiger partial charge is 0.0855 e. The zero-order valence-corrected chi connectivity index (χ0v) is 13.6. The molecule has 0 aromatic heterocycles. The number of methoxy groups -OCH3 is 1. The first kappa shape index (κ1) is 17.7. The molecular weight excluding hydrogens is 224 g/mol. The summed E-state index contributed by atoms with van der Waals surface area (Å²) in [6, 6.07) is 0. The van der Waals surface area contributed by atoms with Crippen LogP contribution in [0.1, 0.15) is 61.3 Å². The van der Waals surface area contributed by atoms with E-state index in [9.17, 15) is 0 Å². The van der Waals surface area contributed by atoms with Crippen molar-refractivity contribution in [3.63, 3.8) is 0 Å². The predicted molar refractivity (Wildman–Crippen MR) is 78.9 cm³/mol. The number of hydrogen-bond donors (Lipinski definition) is 0. The lowest BCUT2D eigenvalue weighted by atomic mass is 9.98. The molecule has 0 aromatic rings. The topological polar surface area (TPSA) is 18.5 Å². The highest BCUT2D eigenvalue weighted by Crippen LogP contribution is 2.21. The third-order valence-corrected chi connectivity index (χ3v) is 3.49. The largest absolute Gasteiger partial charge is 0.376 e.